The van der Waals surface area contributed by atoms with E-state index in [9.17, 15) is 0 Å². The van der Waals surface area contributed by atoms with Crippen LogP contribution in [0.4, 0.5) is 5.82 Å². The number of ether oxygens (including phenoxy) is 1. The molecule has 3 saturated heterocycles. The minimum absolute atomic E-state index is 0.612. The highest BCUT2D eigenvalue weighted by Crippen LogP contribution is 2.57. The molecule has 5 rings (SSSR count). The minimum Gasteiger partial charge on any atom is -0.481 e. The molecule has 5 nitrogen and oxygen atoms in total. The summed E-state index contributed by atoms with van der Waals surface area (Å²) in [6.45, 7) is 10.1. The third kappa shape index (κ3) is 6.14. The maximum atomic E-state index is 5.20. The predicted molar refractivity (Wildman–Crippen MR) is 150 cm³/mol. The molecule has 0 N–H and O–H groups in total. The maximum Gasteiger partial charge on any atom is 0.212 e. The summed E-state index contributed by atoms with van der Waals surface area (Å²) < 4.78 is 5.20. The van der Waals surface area contributed by atoms with Gasteiger partial charge in [0, 0.05) is 55.1 Å². The molecule has 3 aliphatic heterocycles. The lowest BCUT2D eigenvalue weighted by atomic mass is 9.87. The zero-order valence-electron chi connectivity index (χ0n) is 22.4. The van der Waals surface area contributed by atoms with Gasteiger partial charge in [0.1, 0.15) is 5.82 Å². The highest BCUT2D eigenvalue weighted by molar-refractivity contribution is 8.33. The van der Waals surface area contributed by atoms with E-state index in [-0.39, 0.29) is 0 Å². The van der Waals surface area contributed by atoms with Gasteiger partial charge in [-0.1, -0.05) is 46.1 Å². The molecule has 0 amide bonds. The van der Waals surface area contributed by atoms with Crippen molar-refractivity contribution in [3.63, 3.8) is 0 Å². The number of anilines is 1. The van der Waals surface area contributed by atoms with Gasteiger partial charge in [-0.3, -0.25) is 4.90 Å². The summed E-state index contributed by atoms with van der Waals surface area (Å²) in [6.07, 6.45) is 13.4. The number of nitrogens with zero attached hydrogens (tertiary/aromatic N) is 4. The molecule has 35 heavy (non-hydrogen) atoms. The van der Waals surface area contributed by atoms with Crippen molar-refractivity contribution in [2.24, 2.45) is 0 Å². The Balaban J connectivity index is 1.41. The van der Waals surface area contributed by atoms with Crippen molar-refractivity contribution in [3.8, 4) is 5.88 Å². The molecule has 0 spiro atoms. The second-order valence-electron chi connectivity index (χ2n) is 10.4. The van der Waals surface area contributed by atoms with Crippen molar-refractivity contribution < 1.29 is 4.74 Å². The fraction of sp³-hybridized carbons (Fsp3) is 0.655. The van der Waals surface area contributed by atoms with Gasteiger partial charge in [-0.2, -0.15) is 0 Å². The Bertz CT molecular complexity index is 870. The summed E-state index contributed by atoms with van der Waals surface area (Å²) in [4.78, 5) is 16.2. The Kier molecular flexibility index (Phi) is 9.34. The average molecular weight is 499 g/mol. The van der Waals surface area contributed by atoms with Crippen molar-refractivity contribution in [2.45, 2.75) is 89.2 Å². The van der Waals surface area contributed by atoms with E-state index in [1.165, 1.54) is 73.6 Å². The maximum absolute atomic E-state index is 5.20. The third-order valence-corrected chi connectivity index (χ3v) is 12.4. The molecule has 3 fully saturated rings. The van der Waals surface area contributed by atoms with Crippen LogP contribution in [0.15, 0.2) is 41.6 Å². The van der Waals surface area contributed by atoms with Crippen molar-refractivity contribution in [1.29, 1.82) is 0 Å². The number of hydrogen-bond acceptors (Lipinski definition) is 5. The van der Waals surface area contributed by atoms with E-state index in [0.717, 1.165) is 19.6 Å². The second kappa shape index (κ2) is 12.4. The lowest BCUT2D eigenvalue weighted by molar-refractivity contribution is -0.00877. The van der Waals surface area contributed by atoms with Crippen LogP contribution in [-0.4, -0.2) is 64.4 Å². The largest absolute Gasteiger partial charge is 0.481 e. The van der Waals surface area contributed by atoms with Crippen LogP contribution >= 0.6 is 10.0 Å². The molecule has 0 aromatic carbocycles. The standard InChI is InChI=1S/C29H46N4OS/c1-5-8-15-35(16-9-6-2,17-10-7-3)27-12-13-28(30-20-27)32-22-25-18-26(23-32)33(25)21-24-11-14-29(34-4)31-19-24/h11-14,19-20,25-26H,5-10,15-18,21-23H2,1-4H3. The number of unbranched alkanes of at least 4 members (excludes halogenated alkanes) is 3. The fourth-order valence-electron chi connectivity index (χ4n) is 5.71. The first-order chi connectivity index (χ1) is 17.1. The highest BCUT2D eigenvalue weighted by atomic mass is 32.3. The number of aromatic nitrogens is 2. The van der Waals surface area contributed by atoms with Gasteiger partial charge in [0.15, 0.2) is 0 Å². The first-order valence-electron chi connectivity index (χ1n) is 13.8. The van der Waals surface area contributed by atoms with Crippen LogP contribution in [0.2, 0.25) is 0 Å². The normalized spacial score (nSPS) is 20.5. The van der Waals surface area contributed by atoms with Gasteiger partial charge < -0.3 is 9.64 Å². The number of hydrogen-bond donors (Lipinski definition) is 0. The Morgan fingerprint density at radius 2 is 1.51 bits per heavy atom. The summed E-state index contributed by atoms with van der Waals surface area (Å²) in [6, 6.07) is 10.1. The number of rotatable bonds is 14. The molecular weight excluding hydrogens is 452 g/mol. The second-order valence-corrected chi connectivity index (χ2v) is 14.2. The van der Waals surface area contributed by atoms with Crippen molar-refractivity contribution >= 4 is 15.8 Å². The first kappa shape index (κ1) is 26.3. The van der Waals surface area contributed by atoms with Crippen molar-refractivity contribution in [3.05, 3.63) is 42.2 Å². The molecule has 3 aliphatic rings. The van der Waals surface area contributed by atoms with Gasteiger partial charge in [-0.05, 0) is 60.6 Å². The number of piperidine rings is 1. The number of fused-ring (bicyclic) bond motifs is 2. The Labute approximate surface area is 215 Å². The topological polar surface area (TPSA) is 41.5 Å². The monoisotopic (exact) mass is 498 g/mol. The molecule has 0 radical (unpaired) electrons. The zero-order chi connectivity index (χ0) is 24.7. The highest BCUT2D eigenvalue weighted by Gasteiger charge is 2.44. The van der Waals surface area contributed by atoms with E-state index in [2.05, 4.69) is 60.0 Å². The van der Waals surface area contributed by atoms with Crippen LogP contribution < -0.4 is 9.64 Å². The molecule has 5 heterocycles. The molecule has 2 atom stereocenters. The molecule has 0 aliphatic carbocycles. The Morgan fingerprint density at radius 3 is 2.00 bits per heavy atom. The molecule has 6 heteroatoms. The van der Waals surface area contributed by atoms with E-state index >= 15 is 0 Å². The Morgan fingerprint density at radius 1 is 0.857 bits per heavy atom. The SMILES string of the molecule is CCCCS(CCCC)(CCCC)c1ccc(N2CC3CC(C2)N3Cc2ccc(OC)nc2)nc1. The van der Waals surface area contributed by atoms with Crippen LogP contribution in [0.3, 0.4) is 0 Å². The lowest BCUT2D eigenvalue weighted by Crippen LogP contribution is -2.68. The van der Waals surface area contributed by atoms with E-state index < -0.39 is 10.0 Å². The molecule has 2 aromatic rings. The Hall–Kier alpha value is -1.79. The van der Waals surface area contributed by atoms with E-state index in [1.807, 2.05) is 12.3 Å². The quantitative estimate of drug-likeness (QED) is 0.297. The van der Waals surface area contributed by atoms with Gasteiger partial charge >= 0.3 is 0 Å². The van der Waals surface area contributed by atoms with Crippen LogP contribution in [-0.2, 0) is 6.54 Å². The number of piperazine rings is 1. The molecule has 2 unspecified atom stereocenters. The van der Waals surface area contributed by atoms with Crippen LogP contribution in [0.25, 0.3) is 0 Å². The number of pyridine rings is 2. The molecule has 0 saturated carbocycles. The van der Waals surface area contributed by atoms with Gasteiger partial charge in [0.05, 0.1) is 7.11 Å². The fourth-order valence-corrected chi connectivity index (χ4v) is 10.2. The molecule has 2 aromatic heterocycles. The third-order valence-electron chi connectivity index (χ3n) is 7.93. The van der Waals surface area contributed by atoms with Crippen molar-refractivity contribution in [1.82, 2.24) is 14.9 Å². The average Bonchev–Trinajstić information content (AvgIpc) is 2.92. The minimum atomic E-state index is -0.764. The summed E-state index contributed by atoms with van der Waals surface area (Å²) in [7, 11) is 0.903. The van der Waals surface area contributed by atoms with Crippen LogP contribution in [0.1, 0.15) is 71.3 Å². The molecular formula is C29H46N4OS. The summed E-state index contributed by atoms with van der Waals surface area (Å²) >= 11 is 0. The van der Waals surface area contributed by atoms with Gasteiger partial charge in [0.2, 0.25) is 5.88 Å². The first-order valence-corrected chi connectivity index (χ1v) is 16.0. The molecule has 2 bridgehead atoms. The van der Waals surface area contributed by atoms with Gasteiger partial charge in [-0.25, -0.2) is 20.0 Å². The molecule has 194 valence electrons. The lowest BCUT2D eigenvalue weighted by Gasteiger charge is -2.56. The van der Waals surface area contributed by atoms with Gasteiger partial charge in [-0.15, -0.1) is 0 Å². The number of methoxy groups -OCH3 is 1. The van der Waals surface area contributed by atoms with Crippen LogP contribution in [0, 0.1) is 0 Å². The van der Waals surface area contributed by atoms with Gasteiger partial charge in [0.25, 0.3) is 0 Å². The van der Waals surface area contributed by atoms with Crippen LogP contribution in [0.5, 0.6) is 5.88 Å². The zero-order valence-corrected chi connectivity index (χ0v) is 23.2. The van der Waals surface area contributed by atoms with E-state index in [0.29, 0.717) is 18.0 Å². The summed E-state index contributed by atoms with van der Waals surface area (Å²) in [5, 5.41) is 0. The summed E-state index contributed by atoms with van der Waals surface area (Å²) in [5.41, 5.74) is 1.27. The van der Waals surface area contributed by atoms with E-state index in [4.69, 9.17) is 9.72 Å². The summed E-state index contributed by atoms with van der Waals surface area (Å²) in [5.74, 6) is 6.00. The van der Waals surface area contributed by atoms with Crippen molar-refractivity contribution in [2.75, 3.05) is 42.4 Å². The van der Waals surface area contributed by atoms with E-state index in [1.54, 1.807) is 12.0 Å². The predicted octanol–water partition coefficient (Wildman–Crippen LogP) is 6.51. The smallest absolute Gasteiger partial charge is 0.212 e.